The van der Waals surface area contributed by atoms with Crippen LogP contribution in [-0.4, -0.2) is 15.2 Å². The molecule has 0 atom stereocenters. The molecule has 0 saturated carbocycles. The lowest BCUT2D eigenvalue weighted by molar-refractivity contribution is 0.101. The van der Waals surface area contributed by atoms with Gasteiger partial charge in [-0.1, -0.05) is 0 Å². The minimum absolute atomic E-state index is 0.144. The van der Waals surface area contributed by atoms with Crippen LogP contribution in [0.4, 0.5) is 4.39 Å². The van der Waals surface area contributed by atoms with Crippen molar-refractivity contribution in [3.8, 4) is 0 Å². The third-order valence-corrected chi connectivity index (χ3v) is 2.32. The Morgan fingerprint density at radius 1 is 1.64 bits per heavy atom. The van der Waals surface area contributed by atoms with Gasteiger partial charge in [0.1, 0.15) is 5.69 Å². The van der Waals surface area contributed by atoms with Crippen molar-refractivity contribution in [3.63, 3.8) is 0 Å². The number of ketones is 1. The molecule has 0 spiro atoms. The molecule has 0 fully saturated rings. The Bertz CT molecular complexity index is 521. The average molecular weight is 257 g/mol. The van der Waals surface area contributed by atoms with Crippen molar-refractivity contribution in [2.75, 3.05) is 0 Å². The highest BCUT2D eigenvalue weighted by atomic mass is 79.9. The van der Waals surface area contributed by atoms with Crippen molar-refractivity contribution in [3.05, 3.63) is 34.4 Å². The fraction of sp³-hybridized carbons (Fsp3) is 0.111. The van der Waals surface area contributed by atoms with Gasteiger partial charge in [-0.2, -0.15) is 0 Å². The number of imidazole rings is 1. The summed E-state index contributed by atoms with van der Waals surface area (Å²) >= 11 is 3.15. The number of halogens is 2. The predicted octanol–water partition coefficient (Wildman–Crippen LogP) is 2.44. The molecule has 0 unspecified atom stereocenters. The molecule has 0 saturated heterocycles. The average Bonchev–Trinajstić information content (AvgIpc) is 2.47. The number of rotatable bonds is 1. The van der Waals surface area contributed by atoms with Gasteiger partial charge < -0.3 is 0 Å². The van der Waals surface area contributed by atoms with Crippen molar-refractivity contribution >= 4 is 27.4 Å². The summed E-state index contributed by atoms with van der Waals surface area (Å²) in [6, 6.07) is 1.31. The van der Waals surface area contributed by atoms with Crippen LogP contribution in [0.2, 0.25) is 0 Å². The zero-order valence-corrected chi connectivity index (χ0v) is 8.88. The summed E-state index contributed by atoms with van der Waals surface area (Å²) in [6.07, 6.45) is 2.98. The first-order chi connectivity index (χ1) is 6.59. The molecule has 0 bridgehead atoms. The van der Waals surface area contributed by atoms with Gasteiger partial charge in [-0.05, 0) is 22.0 Å². The summed E-state index contributed by atoms with van der Waals surface area (Å²) in [4.78, 5) is 15.0. The molecule has 0 N–H and O–H groups in total. The predicted molar refractivity (Wildman–Crippen MR) is 52.9 cm³/mol. The molecule has 5 heteroatoms. The molecule has 14 heavy (non-hydrogen) atoms. The second kappa shape index (κ2) is 3.16. The first kappa shape index (κ1) is 9.33. The first-order valence-electron chi connectivity index (χ1n) is 3.92. The van der Waals surface area contributed by atoms with Crippen LogP contribution >= 0.6 is 15.9 Å². The molecule has 2 heterocycles. The van der Waals surface area contributed by atoms with E-state index in [4.69, 9.17) is 0 Å². The highest BCUT2D eigenvalue weighted by molar-refractivity contribution is 9.10. The Balaban J connectivity index is 2.85. The smallest absolute Gasteiger partial charge is 0.178 e. The number of aromatic nitrogens is 2. The van der Waals surface area contributed by atoms with Crippen molar-refractivity contribution in [2.45, 2.75) is 6.92 Å². The van der Waals surface area contributed by atoms with Crippen LogP contribution in [0.25, 0.3) is 5.65 Å². The van der Waals surface area contributed by atoms with Crippen molar-refractivity contribution in [1.29, 1.82) is 0 Å². The third kappa shape index (κ3) is 1.33. The van der Waals surface area contributed by atoms with E-state index >= 15 is 0 Å². The van der Waals surface area contributed by atoms with Crippen LogP contribution in [0.3, 0.4) is 0 Å². The minimum Gasteiger partial charge on any atom is -0.293 e. The zero-order valence-electron chi connectivity index (χ0n) is 7.29. The van der Waals surface area contributed by atoms with Gasteiger partial charge in [0.05, 0.1) is 6.20 Å². The van der Waals surface area contributed by atoms with E-state index in [1.54, 1.807) is 6.20 Å². The number of hydrogen-bond acceptors (Lipinski definition) is 2. The lowest BCUT2D eigenvalue weighted by atomic mass is 10.3. The maximum absolute atomic E-state index is 13.3. The van der Waals surface area contributed by atoms with E-state index in [-0.39, 0.29) is 11.4 Å². The van der Waals surface area contributed by atoms with Gasteiger partial charge in [-0.15, -0.1) is 0 Å². The Morgan fingerprint density at radius 3 is 3.00 bits per heavy atom. The van der Waals surface area contributed by atoms with Crippen LogP contribution in [0, 0.1) is 5.82 Å². The molecule has 0 amide bonds. The van der Waals surface area contributed by atoms with Gasteiger partial charge >= 0.3 is 0 Å². The van der Waals surface area contributed by atoms with Crippen LogP contribution in [0.15, 0.2) is 22.9 Å². The number of pyridine rings is 1. The maximum atomic E-state index is 13.3. The van der Waals surface area contributed by atoms with Crippen molar-refractivity contribution in [1.82, 2.24) is 9.38 Å². The monoisotopic (exact) mass is 256 g/mol. The largest absolute Gasteiger partial charge is 0.293 e. The summed E-state index contributed by atoms with van der Waals surface area (Å²) in [5.74, 6) is -0.595. The highest BCUT2D eigenvalue weighted by Gasteiger charge is 2.11. The lowest BCUT2D eigenvalue weighted by Gasteiger charge is -1.99. The summed E-state index contributed by atoms with van der Waals surface area (Å²) in [5.41, 5.74) is 0.540. The lowest BCUT2D eigenvalue weighted by Crippen LogP contribution is -1.99. The molecular weight excluding hydrogens is 251 g/mol. The molecule has 0 radical (unpaired) electrons. The molecule has 2 rings (SSSR count). The Morgan fingerprint density at radius 2 is 2.36 bits per heavy atom. The molecule has 0 aliphatic rings. The number of Topliss-reactive ketones (excluding diaryl/α,β-unsaturated/α-hetero) is 1. The number of hydrogen-bond donors (Lipinski definition) is 0. The van der Waals surface area contributed by atoms with Crippen LogP contribution in [-0.2, 0) is 0 Å². The van der Waals surface area contributed by atoms with E-state index in [1.165, 1.54) is 23.6 Å². The third-order valence-electron chi connectivity index (χ3n) is 1.89. The van der Waals surface area contributed by atoms with E-state index in [9.17, 15) is 9.18 Å². The van der Waals surface area contributed by atoms with Gasteiger partial charge in [-0.25, -0.2) is 9.37 Å². The standard InChI is InChI=1S/C9H6BrFN2O/c1-5(14)8-3-12-9-7(11)2-6(10)4-13(8)9/h2-4H,1H3. The molecule has 2 aromatic heterocycles. The Kier molecular flexibility index (Phi) is 2.11. The molecular formula is C9H6BrFN2O. The van der Waals surface area contributed by atoms with E-state index in [2.05, 4.69) is 20.9 Å². The van der Waals surface area contributed by atoms with Crippen molar-refractivity contribution in [2.24, 2.45) is 0 Å². The van der Waals surface area contributed by atoms with Crippen molar-refractivity contribution < 1.29 is 9.18 Å². The normalized spacial score (nSPS) is 10.8. The second-order valence-electron chi connectivity index (χ2n) is 2.90. The molecule has 0 aliphatic heterocycles. The number of carbonyl (C=O) groups excluding carboxylic acids is 1. The van der Waals surface area contributed by atoms with Gasteiger partial charge in [-0.3, -0.25) is 9.20 Å². The van der Waals surface area contributed by atoms with Gasteiger partial charge in [0, 0.05) is 17.6 Å². The molecule has 0 aliphatic carbocycles. The van der Waals surface area contributed by atoms with Gasteiger partial charge in [0.2, 0.25) is 0 Å². The summed E-state index contributed by atoms with van der Waals surface area (Å²) in [5, 5.41) is 0. The Labute approximate surface area is 87.7 Å². The SMILES string of the molecule is CC(=O)c1cnc2c(F)cc(Br)cn12. The quantitative estimate of drug-likeness (QED) is 0.735. The fourth-order valence-electron chi connectivity index (χ4n) is 1.27. The van der Waals surface area contributed by atoms with Crippen LogP contribution in [0.1, 0.15) is 17.4 Å². The summed E-state index contributed by atoms with van der Waals surface area (Å²) in [6.45, 7) is 1.42. The maximum Gasteiger partial charge on any atom is 0.178 e. The minimum atomic E-state index is -0.452. The molecule has 72 valence electrons. The zero-order chi connectivity index (χ0) is 10.3. The Hall–Kier alpha value is -1.23. The van der Waals surface area contributed by atoms with E-state index in [0.717, 1.165) is 0 Å². The number of carbonyl (C=O) groups is 1. The molecule has 3 nitrogen and oxygen atoms in total. The number of nitrogens with zero attached hydrogens (tertiary/aromatic N) is 2. The van der Waals surface area contributed by atoms with Gasteiger partial charge in [0.15, 0.2) is 17.2 Å². The molecule has 2 aromatic rings. The van der Waals surface area contributed by atoms with E-state index in [0.29, 0.717) is 10.2 Å². The second-order valence-corrected chi connectivity index (χ2v) is 3.82. The van der Waals surface area contributed by atoms with Crippen LogP contribution < -0.4 is 0 Å². The first-order valence-corrected chi connectivity index (χ1v) is 4.72. The van der Waals surface area contributed by atoms with E-state index < -0.39 is 5.82 Å². The molecule has 0 aromatic carbocycles. The number of fused-ring (bicyclic) bond motifs is 1. The topological polar surface area (TPSA) is 34.4 Å². The van der Waals surface area contributed by atoms with E-state index in [1.807, 2.05) is 0 Å². The van der Waals surface area contributed by atoms with Crippen LogP contribution in [0.5, 0.6) is 0 Å². The fourth-order valence-corrected chi connectivity index (χ4v) is 1.68. The summed E-state index contributed by atoms with van der Waals surface area (Å²) in [7, 11) is 0. The highest BCUT2D eigenvalue weighted by Crippen LogP contribution is 2.17. The summed E-state index contributed by atoms with van der Waals surface area (Å²) < 4.78 is 15.3. The van der Waals surface area contributed by atoms with Gasteiger partial charge in [0.25, 0.3) is 0 Å².